The number of fused-ring (bicyclic) bond motifs is 2. The van der Waals surface area contributed by atoms with Gasteiger partial charge in [-0.15, -0.1) is 0 Å². The largest absolute Gasteiger partial charge is 0.360 e. The minimum Gasteiger partial charge on any atom is -0.360 e. The van der Waals surface area contributed by atoms with E-state index in [2.05, 4.69) is 15.3 Å². The molecule has 2 aromatic heterocycles. The van der Waals surface area contributed by atoms with Crippen LogP contribution >= 0.6 is 0 Å². The maximum Gasteiger partial charge on any atom is 0.346 e. The van der Waals surface area contributed by atoms with Crippen molar-refractivity contribution < 1.29 is 9.18 Å². The molecule has 1 N–H and O–H groups in total. The molecule has 0 saturated carbocycles. The molecule has 3 heterocycles. The van der Waals surface area contributed by atoms with E-state index in [0.29, 0.717) is 17.1 Å². The van der Waals surface area contributed by atoms with Crippen LogP contribution in [0.3, 0.4) is 0 Å². The highest BCUT2D eigenvalue weighted by Crippen LogP contribution is 2.35. The number of amides is 2. The molecule has 1 aliphatic heterocycles. The highest BCUT2D eigenvalue weighted by molar-refractivity contribution is 6.19. The normalized spacial score (nSPS) is 17.8. The van der Waals surface area contributed by atoms with Crippen molar-refractivity contribution in [2.24, 2.45) is 4.99 Å². The summed E-state index contributed by atoms with van der Waals surface area (Å²) < 4.78 is 15.5. The van der Waals surface area contributed by atoms with Crippen LogP contribution < -0.4 is 10.2 Å². The number of imidazole rings is 1. The predicted octanol–water partition coefficient (Wildman–Crippen LogP) is 3.30. The minimum absolute atomic E-state index is 0.158. The summed E-state index contributed by atoms with van der Waals surface area (Å²) in [7, 11) is 3.82. The summed E-state index contributed by atoms with van der Waals surface area (Å²) in [5, 5.41) is 2.76. The Morgan fingerprint density at radius 3 is 2.76 bits per heavy atom. The Balaban J connectivity index is 1.75. The van der Waals surface area contributed by atoms with Crippen LogP contribution in [0, 0.1) is 5.82 Å². The molecule has 29 heavy (non-hydrogen) atoms. The Morgan fingerprint density at radius 2 is 2.00 bits per heavy atom. The van der Waals surface area contributed by atoms with E-state index in [9.17, 15) is 9.18 Å². The third-order valence-electron chi connectivity index (χ3n) is 4.96. The number of rotatable bonds is 3. The number of nitrogens with one attached hydrogen (secondary N) is 1. The van der Waals surface area contributed by atoms with Crippen LogP contribution in [0.15, 0.2) is 65.6 Å². The number of allylic oxidation sites excluding steroid dienone is 3. The summed E-state index contributed by atoms with van der Waals surface area (Å²) >= 11 is 0. The van der Waals surface area contributed by atoms with Gasteiger partial charge >= 0.3 is 6.03 Å². The lowest BCUT2D eigenvalue weighted by Gasteiger charge is -2.17. The fourth-order valence-corrected chi connectivity index (χ4v) is 3.67. The molecule has 5 rings (SSSR count). The summed E-state index contributed by atoms with van der Waals surface area (Å²) in [5.74, 6) is 0.268. The fourth-order valence-electron chi connectivity index (χ4n) is 3.67. The Hall–Kier alpha value is -3.81. The first-order valence-electron chi connectivity index (χ1n) is 9.11. The van der Waals surface area contributed by atoms with Gasteiger partial charge in [0.05, 0.1) is 22.8 Å². The van der Waals surface area contributed by atoms with Crippen molar-refractivity contribution in [2.75, 3.05) is 19.0 Å². The van der Waals surface area contributed by atoms with Crippen LogP contribution in [-0.4, -0.2) is 40.2 Å². The number of aromatic nitrogens is 3. The number of hydrogen-bond donors (Lipinski definition) is 1. The minimum atomic E-state index is -0.368. The Kier molecular flexibility index (Phi) is 3.80. The number of anilines is 1. The number of nitrogens with zero attached hydrogens (tertiary/aromatic N) is 5. The smallest absolute Gasteiger partial charge is 0.346 e. The molecule has 3 aromatic rings. The number of hydrogen-bond acceptors (Lipinski definition) is 4. The summed E-state index contributed by atoms with van der Waals surface area (Å²) in [4.78, 5) is 26.8. The first-order valence-corrected chi connectivity index (χ1v) is 9.11. The van der Waals surface area contributed by atoms with Gasteiger partial charge in [0.1, 0.15) is 5.82 Å². The van der Waals surface area contributed by atoms with E-state index in [4.69, 9.17) is 4.98 Å². The topological polar surface area (TPSA) is 74.9 Å². The van der Waals surface area contributed by atoms with Gasteiger partial charge in [-0.1, -0.05) is 6.08 Å². The second-order valence-corrected chi connectivity index (χ2v) is 7.08. The van der Waals surface area contributed by atoms with Crippen molar-refractivity contribution >= 4 is 23.2 Å². The lowest BCUT2D eigenvalue weighted by atomic mass is 9.93. The molecule has 0 fully saturated rings. The zero-order chi connectivity index (χ0) is 20.1. The van der Waals surface area contributed by atoms with Gasteiger partial charge in [-0.25, -0.2) is 19.2 Å². The number of carbonyl (C=O) groups is 1. The first-order chi connectivity index (χ1) is 14.0. The van der Waals surface area contributed by atoms with Crippen LogP contribution in [0.4, 0.5) is 15.0 Å². The molecule has 0 saturated heterocycles. The van der Waals surface area contributed by atoms with Crippen LogP contribution in [-0.2, 0) is 0 Å². The van der Waals surface area contributed by atoms with E-state index >= 15 is 0 Å². The molecule has 0 spiro atoms. The van der Waals surface area contributed by atoms with Gasteiger partial charge in [-0.2, -0.15) is 4.99 Å². The number of halogens is 1. The maximum absolute atomic E-state index is 13.5. The number of urea groups is 1. The molecular formula is C21H17FN6O. The van der Waals surface area contributed by atoms with Crippen LogP contribution in [0.2, 0.25) is 0 Å². The summed E-state index contributed by atoms with van der Waals surface area (Å²) in [6.07, 6.45) is 9.36. The molecule has 2 aliphatic rings. The molecule has 144 valence electrons. The highest BCUT2D eigenvalue weighted by atomic mass is 19.1. The second-order valence-electron chi connectivity index (χ2n) is 7.08. The van der Waals surface area contributed by atoms with Crippen molar-refractivity contribution in [2.45, 2.75) is 5.92 Å². The van der Waals surface area contributed by atoms with Crippen molar-refractivity contribution in [1.29, 1.82) is 0 Å². The van der Waals surface area contributed by atoms with Gasteiger partial charge in [0.15, 0.2) is 11.5 Å². The predicted molar refractivity (Wildman–Crippen MR) is 109 cm³/mol. The molecule has 8 heteroatoms. The van der Waals surface area contributed by atoms with E-state index in [0.717, 1.165) is 22.8 Å². The molecule has 2 amide bonds. The summed E-state index contributed by atoms with van der Waals surface area (Å²) in [6.45, 7) is 0. The number of benzene rings is 1. The van der Waals surface area contributed by atoms with Crippen molar-refractivity contribution in [3.63, 3.8) is 0 Å². The van der Waals surface area contributed by atoms with E-state index in [-0.39, 0.29) is 17.8 Å². The van der Waals surface area contributed by atoms with Crippen molar-refractivity contribution in [1.82, 2.24) is 19.7 Å². The zero-order valence-electron chi connectivity index (χ0n) is 15.8. The molecule has 7 nitrogen and oxygen atoms in total. The average molecular weight is 388 g/mol. The molecule has 1 aromatic carbocycles. The van der Waals surface area contributed by atoms with E-state index in [1.54, 1.807) is 18.3 Å². The van der Waals surface area contributed by atoms with Crippen molar-refractivity contribution in [3.05, 3.63) is 72.1 Å². The van der Waals surface area contributed by atoms with E-state index < -0.39 is 0 Å². The molecule has 1 atom stereocenters. The Morgan fingerprint density at radius 1 is 1.21 bits per heavy atom. The van der Waals surface area contributed by atoms with E-state index in [1.807, 2.05) is 47.8 Å². The van der Waals surface area contributed by atoms with E-state index in [1.165, 1.54) is 12.1 Å². The third kappa shape index (κ3) is 2.80. The van der Waals surface area contributed by atoms with Gasteiger partial charge in [0.2, 0.25) is 0 Å². The zero-order valence-corrected chi connectivity index (χ0v) is 15.8. The summed E-state index contributed by atoms with van der Waals surface area (Å²) in [5.41, 5.74) is 4.45. The van der Waals surface area contributed by atoms with Crippen LogP contribution in [0.5, 0.6) is 0 Å². The second kappa shape index (κ2) is 6.37. The molecule has 0 bridgehead atoms. The third-order valence-corrected chi connectivity index (χ3v) is 4.96. The molecule has 1 aliphatic carbocycles. The number of carbonyl (C=O) groups excluding carboxylic acids is 1. The standard InChI is InChI=1S/C21H17FN6O/c1-27(2)19-20-26-17(12-3-6-14(22)7-4-12)18(28(20)10-9-23-19)13-5-8-15-16(11-13)25-21(29)24-15/h3-11,13H,1-2H3,(H,25,29). The molecule has 0 radical (unpaired) electrons. The van der Waals surface area contributed by atoms with Crippen LogP contribution in [0.1, 0.15) is 11.6 Å². The fraction of sp³-hybridized carbons (Fsp3) is 0.143. The first kappa shape index (κ1) is 17.3. The van der Waals surface area contributed by atoms with Crippen LogP contribution in [0.25, 0.3) is 16.9 Å². The molecule has 1 unspecified atom stereocenters. The SMILES string of the molecule is CN(C)c1nccn2c(C3C=CC4=NC(=O)NC4=C3)c(-c3ccc(F)cc3)nc12. The van der Waals surface area contributed by atoms with Gasteiger partial charge in [-0.3, -0.25) is 4.40 Å². The van der Waals surface area contributed by atoms with Gasteiger partial charge in [-0.05, 0) is 36.4 Å². The van der Waals surface area contributed by atoms with Gasteiger partial charge in [0.25, 0.3) is 0 Å². The maximum atomic E-state index is 13.5. The quantitative estimate of drug-likeness (QED) is 0.747. The number of aliphatic imine (C=N–C) groups is 1. The summed E-state index contributed by atoms with van der Waals surface area (Å²) in [6, 6.07) is 5.91. The molecular weight excluding hydrogens is 371 g/mol. The monoisotopic (exact) mass is 388 g/mol. The van der Waals surface area contributed by atoms with Gasteiger partial charge in [0, 0.05) is 38.0 Å². The highest BCUT2D eigenvalue weighted by Gasteiger charge is 2.27. The average Bonchev–Trinajstić information content (AvgIpc) is 3.27. The van der Waals surface area contributed by atoms with Gasteiger partial charge < -0.3 is 10.2 Å². The Labute approximate surface area is 165 Å². The lowest BCUT2D eigenvalue weighted by Crippen LogP contribution is -2.17. The lowest BCUT2D eigenvalue weighted by molar-refractivity contribution is 0.253. The van der Waals surface area contributed by atoms with Crippen molar-refractivity contribution in [3.8, 4) is 11.3 Å². The Bertz CT molecular complexity index is 1240.